The summed E-state index contributed by atoms with van der Waals surface area (Å²) in [5.41, 5.74) is 3.85. The molecule has 96 valence electrons. The van der Waals surface area contributed by atoms with Gasteiger partial charge in [0.15, 0.2) is 0 Å². The van der Waals surface area contributed by atoms with Crippen LogP contribution < -0.4 is 0 Å². The maximum atomic E-state index is 12.2. The molecule has 1 aliphatic carbocycles. The number of carbonyl (C=O) groups is 1. The highest BCUT2D eigenvalue weighted by Crippen LogP contribution is 2.37. The smallest absolute Gasteiger partial charge is 0.137 e. The van der Waals surface area contributed by atoms with Crippen molar-refractivity contribution in [3.63, 3.8) is 0 Å². The quantitative estimate of drug-likeness (QED) is 0.822. The number of fused-ring (bicyclic) bond motifs is 1. The van der Waals surface area contributed by atoms with Gasteiger partial charge >= 0.3 is 0 Å². The van der Waals surface area contributed by atoms with Crippen LogP contribution in [0, 0.1) is 0 Å². The molecule has 1 nitrogen and oxygen atoms in total. The third-order valence-corrected chi connectivity index (χ3v) is 4.55. The maximum Gasteiger partial charge on any atom is 0.137 e. The second-order valence-corrected chi connectivity index (χ2v) is 5.97. The van der Waals surface area contributed by atoms with Gasteiger partial charge in [-0.05, 0) is 35.1 Å². The van der Waals surface area contributed by atoms with Crippen LogP contribution in [0.1, 0.15) is 29.0 Å². The fourth-order valence-electron chi connectivity index (χ4n) is 2.75. The van der Waals surface area contributed by atoms with Gasteiger partial charge in [0.05, 0.1) is 0 Å². The fourth-order valence-corrected chi connectivity index (χ4v) is 3.17. The summed E-state index contributed by atoms with van der Waals surface area (Å²) in [6.07, 6.45) is 2.25. The number of Topliss-reactive ketones (excluding diaryl/α,β-unsaturated/α-hetero) is 1. The average Bonchev–Trinajstić information content (AvgIpc) is 2.39. The Balaban J connectivity index is 1.64. The minimum absolute atomic E-state index is 0.325. The number of rotatable bonds is 4. The molecule has 0 aromatic heterocycles. The normalized spacial score (nSPS) is 16.6. The Morgan fingerprint density at radius 2 is 1.84 bits per heavy atom. The van der Waals surface area contributed by atoms with E-state index in [2.05, 4.69) is 40.2 Å². The van der Waals surface area contributed by atoms with E-state index in [0.29, 0.717) is 24.5 Å². The van der Waals surface area contributed by atoms with Crippen LogP contribution in [0.15, 0.2) is 53.0 Å². The molecule has 1 unspecified atom stereocenters. The molecule has 0 saturated heterocycles. The molecule has 0 spiro atoms. The Morgan fingerprint density at radius 3 is 2.63 bits per heavy atom. The third kappa shape index (κ3) is 2.64. The zero-order chi connectivity index (χ0) is 13.2. The molecule has 0 fully saturated rings. The molecular weight excluding hydrogens is 300 g/mol. The van der Waals surface area contributed by atoms with Crippen molar-refractivity contribution in [1.29, 1.82) is 0 Å². The Morgan fingerprint density at radius 1 is 1.11 bits per heavy atom. The van der Waals surface area contributed by atoms with Gasteiger partial charge in [-0.15, -0.1) is 0 Å². The predicted molar refractivity (Wildman–Crippen MR) is 80.4 cm³/mol. The first-order valence-corrected chi connectivity index (χ1v) is 7.36. The lowest BCUT2D eigenvalue weighted by Gasteiger charge is -2.29. The van der Waals surface area contributed by atoms with Crippen LogP contribution in [0.5, 0.6) is 0 Å². The van der Waals surface area contributed by atoms with E-state index < -0.39 is 0 Å². The summed E-state index contributed by atoms with van der Waals surface area (Å²) in [6.45, 7) is 0. The van der Waals surface area contributed by atoms with Gasteiger partial charge in [0.1, 0.15) is 5.78 Å². The summed E-state index contributed by atoms with van der Waals surface area (Å²) in [6, 6.07) is 16.4. The molecule has 19 heavy (non-hydrogen) atoms. The van der Waals surface area contributed by atoms with E-state index in [1.807, 2.05) is 24.3 Å². The van der Waals surface area contributed by atoms with Gasteiger partial charge < -0.3 is 0 Å². The fraction of sp³-hybridized carbons (Fsp3) is 0.235. The monoisotopic (exact) mass is 314 g/mol. The highest BCUT2D eigenvalue weighted by molar-refractivity contribution is 9.10. The standard InChI is InChI=1S/C17H15BrO/c18-17-8-4-2-6-13(17)10-15(19)11-14-9-12-5-1-3-7-16(12)14/h1-8,14H,9-11H2. The Labute approximate surface area is 121 Å². The SMILES string of the molecule is O=C(Cc1ccccc1Br)CC1Cc2ccccc21. The van der Waals surface area contributed by atoms with Gasteiger partial charge in [-0.3, -0.25) is 4.79 Å². The summed E-state index contributed by atoms with van der Waals surface area (Å²) in [5.74, 6) is 0.762. The molecule has 1 aliphatic rings. The van der Waals surface area contributed by atoms with E-state index in [-0.39, 0.29) is 0 Å². The van der Waals surface area contributed by atoms with E-state index >= 15 is 0 Å². The highest BCUT2D eigenvalue weighted by atomic mass is 79.9. The van der Waals surface area contributed by atoms with Gasteiger partial charge in [0, 0.05) is 17.3 Å². The third-order valence-electron chi connectivity index (χ3n) is 3.78. The van der Waals surface area contributed by atoms with Crippen molar-refractivity contribution < 1.29 is 4.79 Å². The lowest BCUT2D eigenvalue weighted by atomic mass is 9.75. The second-order valence-electron chi connectivity index (χ2n) is 5.11. The van der Waals surface area contributed by atoms with E-state index in [9.17, 15) is 4.79 Å². The first-order valence-electron chi connectivity index (χ1n) is 6.57. The molecular formula is C17H15BrO. The van der Waals surface area contributed by atoms with Crippen molar-refractivity contribution in [2.75, 3.05) is 0 Å². The van der Waals surface area contributed by atoms with Crippen molar-refractivity contribution >= 4 is 21.7 Å². The molecule has 0 saturated carbocycles. The van der Waals surface area contributed by atoms with Gasteiger partial charge in [-0.2, -0.15) is 0 Å². The number of ketones is 1. The number of hydrogen-bond acceptors (Lipinski definition) is 1. The van der Waals surface area contributed by atoms with E-state index in [1.165, 1.54) is 11.1 Å². The summed E-state index contributed by atoms with van der Waals surface area (Å²) in [4.78, 5) is 12.2. The molecule has 2 heteroatoms. The summed E-state index contributed by atoms with van der Waals surface area (Å²) < 4.78 is 1.03. The van der Waals surface area contributed by atoms with Gasteiger partial charge in [0.25, 0.3) is 0 Å². The van der Waals surface area contributed by atoms with Crippen LogP contribution in [0.2, 0.25) is 0 Å². The molecule has 0 radical (unpaired) electrons. The lowest BCUT2D eigenvalue weighted by Crippen LogP contribution is -2.20. The highest BCUT2D eigenvalue weighted by Gasteiger charge is 2.27. The predicted octanol–water partition coefficient (Wildman–Crippen LogP) is 4.29. The average molecular weight is 315 g/mol. The first-order chi connectivity index (χ1) is 9.24. The van der Waals surface area contributed by atoms with Crippen LogP contribution in [0.4, 0.5) is 0 Å². The summed E-state index contributed by atoms with van der Waals surface area (Å²) >= 11 is 3.50. The topological polar surface area (TPSA) is 17.1 Å². The van der Waals surface area contributed by atoms with Gasteiger partial charge in [-0.1, -0.05) is 58.4 Å². The Hall–Kier alpha value is -1.41. The molecule has 0 heterocycles. The molecule has 2 aromatic rings. The number of halogens is 1. The van der Waals surface area contributed by atoms with Crippen LogP contribution in [-0.2, 0) is 17.6 Å². The van der Waals surface area contributed by atoms with E-state index in [1.54, 1.807) is 0 Å². The van der Waals surface area contributed by atoms with E-state index in [0.717, 1.165) is 16.5 Å². The molecule has 0 N–H and O–H groups in total. The van der Waals surface area contributed by atoms with Crippen LogP contribution in [0.25, 0.3) is 0 Å². The van der Waals surface area contributed by atoms with Crippen molar-refractivity contribution in [2.45, 2.75) is 25.2 Å². The zero-order valence-electron chi connectivity index (χ0n) is 10.6. The Kier molecular flexibility index (Phi) is 3.52. The molecule has 1 atom stereocenters. The first kappa shape index (κ1) is 12.6. The molecule has 0 bridgehead atoms. The summed E-state index contributed by atoms with van der Waals surface area (Å²) in [5, 5.41) is 0. The minimum Gasteiger partial charge on any atom is -0.299 e. The van der Waals surface area contributed by atoms with Gasteiger partial charge in [0.2, 0.25) is 0 Å². The second kappa shape index (κ2) is 5.30. The van der Waals surface area contributed by atoms with Gasteiger partial charge in [-0.25, -0.2) is 0 Å². The van der Waals surface area contributed by atoms with Crippen LogP contribution in [-0.4, -0.2) is 5.78 Å². The van der Waals surface area contributed by atoms with Crippen molar-refractivity contribution in [3.05, 3.63) is 69.7 Å². The molecule has 0 amide bonds. The van der Waals surface area contributed by atoms with Crippen molar-refractivity contribution in [2.24, 2.45) is 0 Å². The zero-order valence-corrected chi connectivity index (χ0v) is 12.2. The number of benzene rings is 2. The molecule has 2 aromatic carbocycles. The lowest BCUT2D eigenvalue weighted by molar-refractivity contribution is -0.118. The maximum absolute atomic E-state index is 12.2. The molecule has 3 rings (SSSR count). The van der Waals surface area contributed by atoms with Crippen molar-refractivity contribution in [1.82, 2.24) is 0 Å². The van der Waals surface area contributed by atoms with Crippen LogP contribution >= 0.6 is 15.9 Å². The minimum atomic E-state index is 0.325. The van der Waals surface area contributed by atoms with Crippen LogP contribution in [0.3, 0.4) is 0 Å². The molecule has 0 aliphatic heterocycles. The largest absolute Gasteiger partial charge is 0.299 e. The summed E-state index contributed by atoms with van der Waals surface area (Å²) in [7, 11) is 0. The van der Waals surface area contributed by atoms with Crippen molar-refractivity contribution in [3.8, 4) is 0 Å². The number of carbonyl (C=O) groups excluding carboxylic acids is 1. The Bertz CT molecular complexity index is 618. The number of hydrogen-bond donors (Lipinski definition) is 0. The van der Waals surface area contributed by atoms with E-state index in [4.69, 9.17) is 0 Å².